The number of benzene rings is 2. The van der Waals surface area contributed by atoms with Gasteiger partial charge in [0.05, 0.1) is 17.8 Å². The van der Waals surface area contributed by atoms with Gasteiger partial charge in [-0.15, -0.1) is 11.8 Å². The summed E-state index contributed by atoms with van der Waals surface area (Å²) in [5.41, 5.74) is 0.704. The molecule has 10 heteroatoms. The van der Waals surface area contributed by atoms with Gasteiger partial charge in [-0.05, 0) is 23.8 Å². The van der Waals surface area contributed by atoms with Gasteiger partial charge in [0, 0.05) is 48.2 Å². The zero-order valence-electron chi connectivity index (χ0n) is 16.9. The number of nitro groups is 1. The van der Waals surface area contributed by atoms with Crippen molar-refractivity contribution in [2.45, 2.75) is 10.9 Å². The number of carbonyl (C=O) groups excluding carboxylic acids is 2. The Labute approximate surface area is 189 Å². The summed E-state index contributed by atoms with van der Waals surface area (Å²) in [4.78, 5) is 39.9. The Morgan fingerprint density at radius 1 is 1.13 bits per heavy atom. The van der Waals surface area contributed by atoms with Gasteiger partial charge in [0.1, 0.15) is 6.04 Å². The number of halogens is 1. The molecular weight excluding hydrogens is 442 g/mol. The van der Waals surface area contributed by atoms with Crippen molar-refractivity contribution in [3.8, 4) is 0 Å². The van der Waals surface area contributed by atoms with Gasteiger partial charge in [0.25, 0.3) is 5.69 Å². The molecule has 1 atom stereocenters. The standard InChI is InChI=1S/C21H22ClN3O5S/c1-30-21(27)20(17-4-2-3-5-18(17)22)24-12-10-23(11-13-24)19(26)14-31-16-8-6-15(7-9-16)25(28)29/h2-9,20H,10-14H2,1H3. The van der Waals surface area contributed by atoms with Crippen LogP contribution < -0.4 is 0 Å². The van der Waals surface area contributed by atoms with Crippen LogP contribution in [0.25, 0.3) is 0 Å². The molecule has 1 saturated heterocycles. The Morgan fingerprint density at radius 3 is 2.35 bits per heavy atom. The Kier molecular flexibility index (Phi) is 7.89. The lowest BCUT2D eigenvalue weighted by Crippen LogP contribution is -2.51. The van der Waals surface area contributed by atoms with Gasteiger partial charge in [-0.1, -0.05) is 29.8 Å². The molecule has 2 aromatic rings. The highest BCUT2D eigenvalue weighted by Crippen LogP contribution is 2.30. The molecule has 1 amide bonds. The van der Waals surface area contributed by atoms with Crippen LogP contribution in [0.15, 0.2) is 53.4 Å². The number of methoxy groups -OCH3 is 1. The molecule has 0 aliphatic carbocycles. The molecule has 1 aliphatic heterocycles. The predicted octanol–water partition coefficient (Wildman–Crippen LogP) is 3.40. The van der Waals surface area contributed by atoms with E-state index in [1.807, 2.05) is 17.0 Å². The zero-order chi connectivity index (χ0) is 22.4. The fourth-order valence-corrected chi connectivity index (χ4v) is 4.45. The van der Waals surface area contributed by atoms with Gasteiger partial charge in [0.2, 0.25) is 5.91 Å². The first-order valence-corrected chi connectivity index (χ1v) is 11.0. The molecule has 0 bridgehead atoms. The topological polar surface area (TPSA) is 93.0 Å². The van der Waals surface area contributed by atoms with Crippen molar-refractivity contribution in [1.29, 1.82) is 0 Å². The Hall–Kier alpha value is -2.62. The van der Waals surface area contributed by atoms with Gasteiger partial charge in [0.15, 0.2) is 0 Å². The van der Waals surface area contributed by atoms with Gasteiger partial charge in [-0.3, -0.25) is 19.8 Å². The molecule has 31 heavy (non-hydrogen) atoms. The smallest absolute Gasteiger partial charge is 0.327 e. The number of hydrogen-bond donors (Lipinski definition) is 0. The van der Waals surface area contributed by atoms with E-state index in [0.717, 1.165) is 4.90 Å². The summed E-state index contributed by atoms with van der Waals surface area (Å²) in [6, 6.07) is 12.7. The molecule has 164 valence electrons. The summed E-state index contributed by atoms with van der Waals surface area (Å²) in [6.45, 7) is 1.99. The van der Waals surface area contributed by atoms with Gasteiger partial charge < -0.3 is 9.64 Å². The normalized spacial score (nSPS) is 15.4. The number of nitrogens with zero attached hydrogens (tertiary/aromatic N) is 3. The largest absolute Gasteiger partial charge is 0.468 e. The lowest BCUT2D eigenvalue weighted by atomic mass is 10.0. The van der Waals surface area contributed by atoms with E-state index in [2.05, 4.69) is 0 Å². The Balaban J connectivity index is 1.57. The van der Waals surface area contributed by atoms with Crippen LogP contribution in [0.1, 0.15) is 11.6 Å². The number of esters is 1. The van der Waals surface area contributed by atoms with Gasteiger partial charge >= 0.3 is 5.97 Å². The number of piperazine rings is 1. The fraction of sp³-hybridized carbons (Fsp3) is 0.333. The molecule has 0 spiro atoms. The first-order chi connectivity index (χ1) is 14.9. The second kappa shape index (κ2) is 10.6. The first kappa shape index (κ1) is 23.1. The average molecular weight is 464 g/mol. The summed E-state index contributed by atoms with van der Waals surface area (Å²) in [7, 11) is 1.35. The van der Waals surface area contributed by atoms with Crippen LogP contribution >= 0.6 is 23.4 Å². The maximum atomic E-state index is 12.6. The third-order valence-electron chi connectivity index (χ3n) is 5.07. The minimum absolute atomic E-state index is 0.0182. The minimum atomic E-state index is -0.620. The zero-order valence-corrected chi connectivity index (χ0v) is 18.5. The van der Waals surface area contributed by atoms with E-state index in [1.54, 1.807) is 29.2 Å². The second-order valence-electron chi connectivity index (χ2n) is 6.90. The van der Waals surface area contributed by atoms with Crippen LogP contribution in [0.2, 0.25) is 5.02 Å². The quantitative estimate of drug-likeness (QED) is 0.269. The fourth-order valence-electron chi connectivity index (χ4n) is 3.41. The molecule has 1 unspecified atom stereocenters. The van der Waals surface area contributed by atoms with E-state index in [9.17, 15) is 19.7 Å². The van der Waals surface area contributed by atoms with E-state index in [1.165, 1.54) is 31.0 Å². The van der Waals surface area contributed by atoms with Crippen molar-refractivity contribution < 1.29 is 19.2 Å². The molecule has 0 N–H and O–H groups in total. The van der Waals surface area contributed by atoms with E-state index < -0.39 is 11.0 Å². The van der Waals surface area contributed by atoms with Crippen molar-refractivity contribution in [3.05, 3.63) is 69.2 Å². The maximum Gasteiger partial charge on any atom is 0.327 e. The number of hydrogen-bond acceptors (Lipinski definition) is 7. The van der Waals surface area contributed by atoms with E-state index in [4.69, 9.17) is 16.3 Å². The molecule has 1 fully saturated rings. The van der Waals surface area contributed by atoms with Crippen LogP contribution in [0.5, 0.6) is 0 Å². The number of amides is 1. The third kappa shape index (κ3) is 5.75. The van der Waals surface area contributed by atoms with Crippen molar-refractivity contribution in [2.75, 3.05) is 39.0 Å². The van der Waals surface area contributed by atoms with E-state index in [0.29, 0.717) is 36.8 Å². The molecule has 0 aromatic heterocycles. The number of non-ortho nitro benzene ring substituents is 1. The lowest BCUT2D eigenvalue weighted by Gasteiger charge is -2.38. The molecule has 0 radical (unpaired) electrons. The molecule has 2 aromatic carbocycles. The van der Waals surface area contributed by atoms with Gasteiger partial charge in [-0.2, -0.15) is 0 Å². The lowest BCUT2D eigenvalue weighted by molar-refractivity contribution is -0.384. The van der Waals surface area contributed by atoms with Crippen molar-refractivity contribution >= 4 is 40.9 Å². The molecule has 0 saturated carbocycles. The number of rotatable bonds is 7. The predicted molar refractivity (Wildman–Crippen MR) is 118 cm³/mol. The molecule has 3 rings (SSSR count). The van der Waals surface area contributed by atoms with Crippen LogP contribution in [-0.2, 0) is 14.3 Å². The highest BCUT2D eigenvalue weighted by molar-refractivity contribution is 8.00. The minimum Gasteiger partial charge on any atom is -0.468 e. The van der Waals surface area contributed by atoms with Crippen molar-refractivity contribution in [1.82, 2.24) is 9.80 Å². The summed E-state index contributed by atoms with van der Waals surface area (Å²) in [6.07, 6.45) is 0. The number of ether oxygens (including phenoxy) is 1. The first-order valence-electron chi connectivity index (χ1n) is 9.62. The van der Waals surface area contributed by atoms with Gasteiger partial charge in [-0.25, -0.2) is 4.79 Å². The van der Waals surface area contributed by atoms with E-state index >= 15 is 0 Å². The summed E-state index contributed by atoms with van der Waals surface area (Å²) in [5, 5.41) is 11.2. The summed E-state index contributed by atoms with van der Waals surface area (Å²) >= 11 is 7.64. The Bertz CT molecular complexity index is 948. The van der Waals surface area contributed by atoms with Crippen LogP contribution in [0, 0.1) is 10.1 Å². The Morgan fingerprint density at radius 2 is 1.77 bits per heavy atom. The summed E-state index contributed by atoms with van der Waals surface area (Å²) in [5.74, 6) is -0.167. The summed E-state index contributed by atoms with van der Waals surface area (Å²) < 4.78 is 4.99. The molecule has 1 heterocycles. The molecule has 8 nitrogen and oxygen atoms in total. The molecule has 1 aliphatic rings. The highest BCUT2D eigenvalue weighted by atomic mass is 35.5. The number of carbonyl (C=O) groups is 2. The van der Waals surface area contributed by atoms with Crippen LogP contribution in [0.3, 0.4) is 0 Å². The molecular formula is C21H22ClN3O5S. The average Bonchev–Trinajstić information content (AvgIpc) is 2.79. The van der Waals surface area contributed by atoms with Crippen LogP contribution in [0.4, 0.5) is 5.69 Å². The third-order valence-corrected chi connectivity index (χ3v) is 6.41. The van der Waals surface area contributed by atoms with Crippen molar-refractivity contribution in [3.63, 3.8) is 0 Å². The number of thioether (sulfide) groups is 1. The van der Waals surface area contributed by atoms with Crippen LogP contribution in [-0.4, -0.2) is 65.6 Å². The number of nitro benzene ring substituents is 1. The monoisotopic (exact) mass is 463 g/mol. The van der Waals surface area contributed by atoms with Crippen molar-refractivity contribution in [2.24, 2.45) is 0 Å². The van der Waals surface area contributed by atoms with E-state index in [-0.39, 0.29) is 23.3 Å². The maximum absolute atomic E-state index is 12.6. The SMILES string of the molecule is COC(=O)C(c1ccccc1Cl)N1CCN(C(=O)CSc2ccc([N+](=O)[O-])cc2)CC1. The highest BCUT2D eigenvalue weighted by Gasteiger charge is 2.33. The second-order valence-corrected chi connectivity index (χ2v) is 8.36.